The van der Waals surface area contributed by atoms with Gasteiger partial charge in [0.15, 0.2) is 5.82 Å². The van der Waals surface area contributed by atoms with Gasteiger partial charge in [0.25, 0.3) is 5.92 Å². The quantitative estimate of drug-likeness (QED) is 0.292. The van der Waals surface area contributed by atoms with E-state index in [9.17, 15) is 8.78 Å². The molecule has 0 aromatic carbocycles. The molecule has 0 bridgehead atoms. The van der Waals surface area contributed by atoms with E-state index in [4.69, 9.17) is 4.98 Å². The fourth-order valence-corrected chi connectivity index (χ4v) is 5.85. The number of aromatic amines is 2. The SMILES string of the molecule is Cc1ccc(-c2cncc3[nH]c(-c4n[nH]c5cnc(-c6cncc(CN7CCC(F)(F)C7)c6)cc45)nc23)s1. The number of fused-ring (bicyclic) bond motifs is 2. The maximum Gasteiger partial charge on any atom is 0.261 e. The van der Waals surface area contributed by atoms with Crippen LogP contribution < -0.4 is 0 Å². The highest BCUT2D eigenvalue weighted by Gasteiger charge is 2.37. The number of hydrogen-bond donors (Lipinski definition) is 2. The number of nitrogens with zero attached hydrogens (tertiary/aromatic N) is 6. The molecule has 0 radical (unpaired) electrons. The third-order valence-electron chi connectivity index (χ3n) is 6.82. The number of hydrogen-bond acceptors (Lipinski definition) is 7. The van der Waals surface area contributed by atoms with Crippen LogP contribution in [-0.4, -0.2) is 59.0 Å². The summed E-state index contributed by atoms with van der Waals surface area (Å²) in [6.07, 6.45) is 8.69. The molecule has 1 aliphatic heterocycles. The van der Waals surface area contributed by atoms with Crippen LogP contribution in [0.3, 0.4) is 0 Å². The largest absolute Gasteiger partial charge is 0.335 e. The molecule has 0 unspecified atom stereocenters. The van der Waals surface area contributed by atoms with Crippen molar-refractivity contribution in [1.82, 2.24) is 40.0 Å². The Morgan fingerprint density at radius 1 is 1.05 bits per heavy atom. The number of rotatable bonds is 5. The zero-order valence-electron chi connectivity index (χ0n) is 20.4. The molecule has 7 rings (SSSR count). The maximum absolute atomic E-state index is 13.6. The highest BCUT2D eigenvalue weighted by molar-refractivity contribution is 7.15. The van der Waals surface area contributed by atoms with Gasteiger partial charge in [-0.25, -0.2) is 13.8 Å². The molecule has 0 atom stereocenters. The Morgan fingerprint density at radius 2 is 1.95 bits per heavy atom. The van der Waals surface area contributed by atoms with Gasteiger partial charge in [0.05, 0.1) is 35.7 Å². The van der Waals surface area contributed by atoms with Crippen LogP contribution in [0.2, 0.25) is 0 Å². The van der Waals surface area contributed by atoms with Gasteiger partial charge in [-0.05, 0) is 36.8 Å². The predicted molar refractivity (Wildman–Crippen MR) is 143 cm³/mol. The highest BCUT2D eigenvalue weighted by Crippen LogP contribution is 2.35. The summed E-state index contributed by atoms with van der Waals surface area (Å²) in [7, 11) is 0. The van der Waals surface area contributed by atoms with Crippen molar-refractivity contribution in [1.29, 1.82) is 0 Å². The molecule has 0 aliphatic carbocycles. The number of H-pyrrole nitrogens is 2. The zero-order valence-corrected chi connectivity index (χ0v) is 21.2. The van der Waals surface area contributed by atoms with E-state index in [0.29, 0.717) is 30.3 Å². The van der Waals surface area contributed by atoms with E-state index in [2.05, 4.69) is 49.2 Å². The van der Waals surface area contributed by atoms with Crippen molar-refractivity contribution in [2.75, 3.05) is 13.1 Å². The minimum absolute atomic E-state index is 0.103. The zero-order chi connectivity index (χ0) is 25.9. The van der Waals surface area contributed by atoms with Gasteiger partial charge in [-0.3, -0.25) is 25.0 Å². The lowest BCUT2D eigenvalue weighted by atomic mass is 10.1. The van der Waals surface area contributed by atoms with Crippen molar-refractivity contribution in [3.05, 3.63) is 65.7 Å². The van der Waals surface area contributed by atoms with Gasteiger partial charge in [0.2, 0.25) is 0 Å². The Kier molecular flexibility index (Phi) is 5.31. The molecule has 11 heteroatoms. The Hall–Kier alpha value is -4.09. The third kappa shape index (κ3) is 4.13. The molecule has 0 amide bonds. The second-order valence-corrected chi connectivity index (χ2v) is 11.0. The van der Waals surface area contributed by atoms with Crippen molar-refractivity contribution in [3.63, 3.8) is 0 Å². The van der Waals surface area contributed by atoms with Crippen LogP contribution in [-0.2, 0) is 6.54 Å². The second-order valence-electron chi connectivity index (χ2n) is 9.66. The minimum Gasteiger partial charge on any atom is -0.335 e. The molecule has 2 N–H and O–H groups in total. The van der Waals surface area contributed by atoms with Crippen LogP contribution in [0.1, 0.15) is 16.9 Å². The lowest BCUT2D eigenvalue weighted by molar-refractivity contribution is 0.0115. The van der Waals surface area contributed by atoms with Crippen LogP contribution in [0.15, 0.2) is 55.2 Å². The Labute approximate surface area is 219 Å². The molecule has 1 fully saturated rings. The monoisotopic (exact) mass is 528 g/mol. The number of thiophene rings is 1. The Bertz CT molecular complexity index is 1800. The molecule has 0 spiro atoms. The number of halogens is 2. The summed E-state index contributed by atoms with van der Waals surface area (Å²) in [6.45, 7) is 2.66. The van der Waals surface area contributed by atoms with Crippen LogP contribution in [0, 0.1) is 6.92 Å². The molecule has 190 valence electrons. The molecule has 8 nitrogen and oxygen atoms in total. The number of aromatic nitrogens is 7. The molecular formula is C27H22F2N8S. The van der Waals surface area contributed by atoms with Gasteiger partial charge < -0.3 is 4.98 Å². The summed E-state index contributed by atoms with van der Waals surface area (Å²) >= 11 is 1.71. The van der Waals surface area contributed by atoms with Gasteiger partial charge in [0, 0.05) is 64.4 Å². The van der Waals surface area contributed by atoms with Crippen molar-refractivity contribution < 1.29 is 8.78 Å². The third-order valence-corrected chi connectivity index (χ3v) is 7.85. The molecule has 0 saturated carbocycles. The van der Waals surface area contributed by atoms with Gasteiger partial charge in [-0.2, -0.15) is 5.10 Å². The van der Waals surface area contributed by atoms with Crippen LogP contribution in [0.4, 0.5) is 8.78 Å². The summed E-state index contributed by atoms with van der Waals surface area (Å²) in [6, 6.07) is 8.09. The van der Waals surface area contributed by atoms with Crippen molar-refractivity contribution >= 4 is 33.3 Å². The van der Waals surface area contributed by atoms with Crippen molar-refractivity contribution in [2.45, 2.75) is 25.8 Å². The fraction of sp³-hybridized carbons (Fsp3) is 0.222. The van der Waals surface area contributed by atoms with E-state index >= 15 is 0 Å². The standard InChI is InChI=1S/C27H22F2N8S/c1-15-2-3-23(38-15)19-10-31-11-22-24(19)34-26(33-22)25-18-7-20(32-12-21(18)35-36-25)17-6-16(8-30-9-17)13-37-5-4-27(28,29)14-37/h2-3,6-12H,4-5,13-14H2,1H3,(H,33,34)(H,35,36). The summed E-state index contributed by atoms with van der Waals surface area (Å²) in [5.41, 5.74) is 6.50. The van der Waals surface area contributed by atoms with E-state index in [-0.39, 0.29) is 13.0 Å². The number of imidazole rings is 1. The molecule has 38 heavy (non-hydrogen) atoms. The number of alkyl halides is 2. The first-order chi connectivity index (χ1) is 18.4. The molecule has 1 aliphatic rings. The first-order valence-electron chi connectivity index (χ1n) is 12.2. The number of nitrogens with one attached hydrogen (secondary N) is 2. The highest BCUT2D eigenvalue weighted by atomic mass is 32.1. The van der Waals surface area contributed by atoms with Crippen LogP contribution in [0.25, 0.3) is 55.2 Å². The summed E-state index contributed by atoms with van der Waals surface area (Å²) in [5, 5.41) is 8.44. The maximum atomic E-state index is 13.6. The van der Waals surface area contributed by atoms with E-state index in [1.54, 1.807) is 41.0 Å². The van der Waals surface area contributed by atoms with Crippen molar-refractivity contribution in [3.8, 4) is 33.2 Å². The average Bonchev–Trinajstić information content (AvgIpc) is 3.69. The molecule has 6 aromatic rings. The van der Waals surface area contributed by atoms with Crippen LogP contribution >= 0.6 is 11.3 Å². The number of aryl methyl sites for hydroxylation is 1. The summed E-state index contributed by atoms with van der Waals surface area (Å²) in [5.74, 6) is -1.99. The Balaban J connectivity index is 1.24. The van der Waals surface area contributed by atoms with Gasteiger partial charge in [-0.15, -0.1) is 11.3 Å². The predicted octanol–water partition coefficient (Wildman–Crippen LogP) is 5.84. The first kappa shape index (κ1) is 23.1. The first-order valence-corrected chi connectivity index (χ1v) is 13.0. The second kappa shape index (κ2) is 8.74. The van der Waals surface area contributed by atoms with E-state index in [1.807, 2.05) is 18.3 Å². The smallest absolute Gasteiger partial charge is 0.261 e. The fourth-order valence-electron chi connectivity index (χ4n) is 4.97. The van der Waals surface area contributed by atoms with E-state index in [1.165, 1.54) is 4.88 Å². The van der Waals surface area contributed by atoms with E-state index < -0.39 is 5.92 Å². The lowest BCUT2D eigenvalue weighted by Gasteiger charge is -2.15. The summed E-state index contributed by atoms with van der Waals surface area (Å²) < 4.78 is 27.3. The molecule has 7 heterocycles. The Morgan fingerprint density at radius 3 is 2.76 bits per heavy atom. The van der Waals surface area contributed by atoms with Gasteiger partial charge in [-0.1, -0.05) is 0 Å². The van der Waals surface area contributed by atoms with Gasteiger partial charge >= 0.3 is 0 Å². The average molecular weight is 529 g/mol. The number of likely N-dealkylation sites (tertiary alicyclic amines) is 1. The van der Waals surface area contributed by atoms with Gasteiger partial charge in [0.1, 0.15) is 11.2 Å². The van der Waals surface area contributed by atoms with Crippen molar-refractivity contribution in [2.24, 2.45) is 0 Å². The topological polar surface area (TPSA) is 99.3 Å². The molecular weight excluding hydrogens is 506 g/mol. The lowest BCUT2D eigenvalue weighted by Crippen LogP contribution is -2.24. The molecule has 6 aromatic heterocycles. The van der Waals surface area contributed by atoms with Crippen LogP contribution in [0.5, 0.6) is 0 Å². The summed E-state index contributed by atoms with van der Waals surface area (Å²) in [4.78, 5) is 25.7. The minimum atomic E-state index is -2.62. The normalized spacial score (nSPS) is 15.7. The molecule has 1 saturated heterocycles. The van der Waals surface area contributed by atoms with E-state index in [0.717, 1.165) is 43.5 Å². The number of pyridine rings is 3.